The Hall–Kier alpha value is -2.43. The van der Waals surface area contributed by atoms with Crippen LogP contribution in [0.2, 0.25) is 0 Å². The maximum Gasteiger partial charge on any atom is 0.307 e. The summed E-state index contributed by atoms with van der Waals surface area (Å²) in [6.45, 7) is 0. The molecule has 0 saturated heterocycles. The Morgan fingerprint density at radius 2 is 1.88 bits per heavy atom. The summed E-state index contributed by atoms with van der Waals surface area (Å²) in [7, 11) is 0. The Labute approximate surface area is 98.2 Å². The summed E-state index contributed by atoms with van der Waals surface area (Å²) < 4.78 is 0. The maximum absolute atomic E-state index is 10.7. The molecule has 5 heteroatoms. The number of nitrogens with zero attached hydrogens (tertiary/aromatic N) is 2. The molecule has 2 aromatic rings. The molecule has 5 nitrogen and oxygen atoms in total. The number of para-hydroxylation sites is 1. The van der Waals surface area contributed by atoms with Crippen LogP contribution in [0.5, 0.6) is 0 Å². The van der Waals surface area contributed by atoms with E-state index < -0.39 is 5.97 Å². The topological polar surface area (TPSA) is 75.1 Å². The number of aliphatic carboxylic acids is 1. The van der Waals surface area contributed by atoms with Crippen LogP contribution < -0.4 is 5.32 Å². The van der Waals surface area contributed by atoms with E-state index in [0.29, 0.717) is 17.2 Å². The molecule has 0 atom stereocenters. The van der Waals surface area contributed by atoms with Crippen molar-refractivity contribution in [2.75, 3.05) is 5.32 Å². The monoisotopic (exact) mass is 229 g/mol. The van der Waals surface area contributed by atoms with Gasteiger partial charge in [0, 0.05) is 18.1 Å². The molecule has 2 rings (SSSR count). The summed E-state index contributed by atoms with van der Waals surface area (Å²) in [5, 5.41) is 11.8. The standard InChI is InChI=1S/C12H11N3O2/c16-11(17)8-9-4-1-2-5-10(9)15-12-13-6-3-7-14-12/h1-7H,8H2,(H,16,17)(H,13,14,15). The van der Waals surface area contributed by atoms with Gasteiger partial charge in [-0.2, -0.15) is 0 Å². The van der Waals surface area contributed by atoms with Gasteiger partial charge in [-0.1, -0.05) is 18.2 Å². The van der Waals surface area contributed by atoms with E-state index in [2.05, 4.69) is 15.3 Å². The lowest BCUT2D eigenvalue weighted by atomic mass is 10.1. The normalized spacial score (nSPS) is 9.88. The Morgan fingerprint density at radius 1 is 1.18 bits per heavy atom. The summed E-state index contributed by atoms with van der Waals surface area (Å²) in [4.78, 5) is 18.8. The Kier molecular flexibility index (Phi) is 3.30. The highest BCUT2D eigenvalue weighted by atomic mass is 16.4. The van der Waals surface area contributed by atoms with Crippen molar-refractivity contribution < 1.29 is 9.90 Å². The molecule has 0 aliphatic carbocycles. The van der Waals surface area contributed by atoms with Crippen molar-refractivity contribution in [2.45, 2.75) is 6.42 Å². The molecular formula is C12H11N3O2. The van der Waals surface area contributed by atoms with Crippen molar-refractivity contribution in [1.82, 2.24) is 9.97 Å². The summed E-state index contributed by atoms with van der Waals surface area (Å²) >= 11 is 0. The van der Waals surface area contributed by atoms with Crippen molar-refractivity contribution in [2.24, 2.45) is 0 Å². The number of carboxylic acid groups (broad SMARTS) is 1. The molecule has 1 aromatic carbocycles. The first-order chi connectivity index (χ1) is 8.25. The highest BCUT2D eigenvalue weighted by molar-refractivity contribution is 5.74. The van der Waals surface area contributed by atoms with Crippen LogP contribution >= 0.6 is 0 Å². The van der Waals surface area contributed by atoms with Gasteiger partial charge in [-0.15, -0.1) is 0 Å². The molecule has 17 heavy (non-hydrogen) atoms. The number of carbonyl (C=O) groups is 1. The van der Waals surface area contributed by atoms with Gasteiger partial charge in [-0.05, 0) is 17.7 Å². The summed E-state index contributed by atoms with van der Waals surface area (Å²) in [5.41, 5.74) is 1.41. The average Bonchev–Trinajstić information content (AvgIpc) is 2.32. The van der Waals surface area contributed by atoms with E-state index >= 15 is 0 Å². The first kappa shape index (κ1) is 11.1. The minimum atomic E-state index is -0.867. The van der Waals surface area contributed by atoms with Crippen molar-refractivity contribution in [3.05, 3.63) is 48.3 Å². The summed E-state index contributed by atoms with van der Waals surface area (Å²) in [6.07, 6.45) is 3.21. The zero-order valence-corrected chi connectivity index (χ0v) is 9.00. The lowest BCUT2D eigenvalue weighted by Gasteiger charge is -2.08. The van der Waals surface area contributed by atoms with Gasteiger partial charge in [0.15, 0.2) is 0 Å². The molecule has 0 amide bonds. The molecule has 1 aromatic heterocycles. The molecule has 0 unspecified atom stereocenters. The highest BCUT2D eigenvalue weighted by Crippen LogP contribution is 2.18. The minimum Gasteiger partial charge on any atom is -0.481 e. The van der Waals surface area contributed by atoms with Gasteiger partial charge in [0.05, 0.1) is 6.42 Å². The van der Waals surface area contributed by atoms with Crippen LogP contribution in [-0.4, -0.2) is 21.0 Å². The van der Waals surface area contributed by atoms with Crippen LogP contribution in [0.1, 0.15) is 5.56 Å². The van der Waals surface area contributed by atoms with E-state index in [1.807, 2.05) is 6.07 Å². The Bertz CT molecular complexity index is 514. The van der Waals surface area contributed by atoms with Gasteiger partial charge in [-0.25, -0.2) is 9.97 Å². The fraction of sp³-hybridized carbons (Fsp3) is 0.0833. The number of hydrogen-bond acceptors (Lipinski definition) is 4. The predicted molar refractivity (Wildman–Crippen MR) is 63.1 cm³/mol. The van der Waals surface area contributed by atoms with Crippen molar-refractivity contribution in [3.63, 3.8) is 0 Å². The summed E-state index contributed by atoms with van der Waals surface area (Å²) in [5.74, 6) is -0.418. The SMILES string of the molecule is O=C(O)Cc1ccccc1Nc1ncccn1. The Balaban J connectivity index is 2.23. The third-order valence-corrected chi connectivity index (χ3v) is 2.17. The van der Waals surface area contributed by atoms with Gasteiger partial charge in [-0.3, -0.25) is 4.79 Å². The molecule has 86 valence electrons. The smallest absolute Gasteiger partial charge is 0.307 e. The number of carboxylic acids is 1. The molecule has 0 aliphatic heterocycles. The van der Waals surface area contributed by atoms with Crippen LogP contribution in [0.4, 0.5) is 11.6 Å². The lowest BCUT2D eigenvalue weighted by molar-refractivity contribution is -0.136. The van der Waals surface area contributed by atoms with Crippen molar-refractivity contribution >= 4 is 17.6 Å². The first-order valence-electron chi connectivity index (χ1n) is 5.09. The van der Waals surface area contributed by atoms with Crippen LogP contribution in [-0.2, 0) is 11.2 Å². The Morgan fingerprint density at radius 3 is 2.59 bits per heavy atom. The van der Waals surface area contributed by atoms with Gasteiger partial charge < -0.3 is 10.4 Å². The van der Waals surface area contributed by atoms with Crippen LogP contribution in [0, 0.1) is 0 Å². The quantitative estimate of drug-likeness (QED) is 0.836. The van der Waals surface area contributed by atoms with E-state index in [4.69, 9.17) is 5.11 Å². The van der Waals surface area contributed by atoms with Gasteiger partial charge in [0.25, 0.3) is 0 Å². The number of rotatable bonds is 4. The van der Waals surface area contributed by atoms with Crippen LogP contribution in [0.3, 0.4) is 0 Å². The van der Waals surface area contributed by atoms with E-state index in [1.165, 1.54) is 0 Å². The average molecular weight is 229 g/mol. The minimum absolute atomic E-state index is 0.0317. The molecule has 0 spiro atoms. The van der Waals surface area contributed by atoms with E-state index in [0.717, 1.165) is 0 Å². The second kappa shape index (κ2) is 5.07. The third kappa shape index (κ3) is 3.01. The molecule has 0 bridgehead atoms. The predicted octanol–water partition coefficient (Wildman–Crippen LogP) is 1.85. The van der Waals surface area contributed by atoms with Gasteiger partial charge >= 0.3 is 5.97 Å². The zero-order chi connectivity index (χ0) is 12.1. The zero-order valence-electron chi connectivity index (χ0n) is 9.00. The van der Waals surface area contributed by atoms with Crippen molar-refractivity contribution in [1.29, 1.82) is 0 Å². The lowest BCUT2D eigenvalue weighted by Crippen LogP contribution is -2.04. The van der Waals surface area contributed by atoms with E-state index in [1.54, 1.807) is 36.7 Å². The molecule has 0 fully saturated rings. The summed E-state index contributed by atoms with van der Waals surface area (Å²) in [6, 6.07) is 8.91. The number of aromatic nitrogens is 2. The van der Waals surface area contributed by atoms with E-state index in [-0.39, 0.29) is 6.42 Å². The molecule has 0 radical (unpaired) electrons. The number of anilines is 2. The van der Waals surface area contributed by atoms with Crippen molar-refractivity contribution in [3.8, 4) is 0 Å². The highest BCUT2D eigenvalue weighted by Gasteiger charge is 2.06. The number of nitrogens with one attached hydrogen (secondary N) is 1. The van der Waals surface area contributed by atoms with Gasteiger partial charge in [0.1, 0.15) is 0 Å². The van der Waals surface area contributed by atoms with Crippen LogP contribution in [0.25, 0.3) is 0 Å². The second-order valence-electron chi connectivity index (χ2n) is 3.43. The molecule has 0 aliphatic rings. The first-order valence-corrected chi connectivity index (χ1v) is 5.09. The van der Waals surface area contributed by atoms with E-state index in [9.17, 15) is 4.79 Å². The molecule has 2 N–H and O–H groups in total. The second-order valence-corrected chi connectivity index (χ2v) is 3.43. The number of benzene rings is 1. The van der Waals surface area contributed by atoms with Crippen LogP contribution in [0.15, 0.2) is 42.7 Å². The molecular weight excluding hydrogens is 218 g/mol. The fourth-order valence-corrected chi connectivity index (χ4v) is 1.44. The number of hydrogen-bond donors (Lipinski definition) is 2. The fourth-order valence-electron chi connectivity index (χ4n) is 1.44. The maximum atomic E-state index is 10.7. The largest absolute Gasteiger partial charge is 0.481 e. The van der Waals surface area contributed by atoms with Gasteiger partial charge in [0.2, 0.25) is 5.95 Å². The molecule has 1 heterocycles. The third-order valence-electron chi connectivity index (χ3n) is 2.17. The molecule has 0 saturated carbocycles.